The number of pyridine rings is 1. The summed E-state index contributed by atoms with van der Waals surface area (Å²) >= 11 is 0. The van der Waals surface area contributed by atoms with Crippen LogP contribution in [0.4, 0.5) is 0 Å². The first-order valence-electron chi connectivity index (χ1n) is 9.04. The van der Waals surface area contributed by atoms with Crippen molar-refractivity contribution in [2.75, 3.05) is 0 Å². The Balaban J connectivity index is 1.49. The summed E-state index contributed by atoms with van der Waals surface area (Å²) in [5, 5.41) is 3.87. The summed E-state index contributed by atoms with van der Waals surface area (Å²) in [6, 6.07) is 3.36. The Morgan fingerprint density at radius 2 is 2.00 bits per heavy atom. The van der Waals surface area contributed by atoms with Gasteiger partial charge in [-0.05, 0) is 43.7 Å². The van der Waals surface area contributed by atoms with Crippen LogP contribution in [0, 0.1) is 0 Å². The van der Waals surface area contributed by atoms with E-state index in [9.17, 15) is 0 Å². The average molecular weight is 329 g/mol. The second kappa shape index (κ2) is 6.31. The van der Waals surface area contributed by atoms with Crippen LogP contribution in [0.15, 0.2) is 17.3 Å². The zero-order valence-corrected chi connectivity index (χ0v) is 14.0. The van der Waals surface area contributed by atoms with Crippen molar-refractivity contribution in [2.24, 2.45) is 16.5 Å². The van der Waals surface area contributed by atoms with Gasteiger partial charge in [-0.2, -0.15) is 5.43 Å². The lowest BCUT2D eigenvalue weighted by molar-refractivity contribution is 0.318. The molecule has 7 heteroatoms. The molecule has 1 saturated carbocycles. The highest BCUT2D eigenvalue weighted by Crippen LogP contribution is 2.26. The van der Waals surface area contributed by atoms with Gasteiger partial charge in [0.25, 0.3) is 0 Å². The second-order valence-corrected chi connectivity index (χ2v) is 7.28. The van der Waals surface area contributed by atoms with Gasteiger partial charge in [0.2, 0.25) is 11.7 Å². The fourth-order valence-corrected chi connectivity index (χ4v) is 4.11. The molecule has 0 aromatic carbocycles. The lowest BCUT2D eigenvalue weighted by atomic mass is 9.88. The first-order valence-corrected chi connectivity index (χ1v) is 9.04. The van der Waals surface area contributed by atoms with Crippen LogP contribution >= 0.6 is 0 Å². The van der Waals surface area contributed by atoms with Crippen molar-refractivity contribution < 1.29 is 0 Å². The van der Waals surface area contributed by atoms with E-state index in [-0.39, 0.29) is 0 Å². The van der Waals surface area contributed by atoms with E-state index in [1.807, 2.05) is 6.20 Å². The van der Waals surface area contributed by atoms with Crippen LogP contribution in [-0.4, -0.2) is 23.0 Å². The number of hydrogen-bond acceptors (Lipinski definition) is 7. The Morgan fingerprint density at radius 1 is 1.17 bits per heavy atom. The van der Waals surface area contributed by atoms with Crippen LogP contribution in [-0.2, 0) is 18.6 Å². The van der Waals surface area contributed by atoms with Gasteiger partial charge in [-0.3, -0.25) is 16.1 Å². The Hall–Kier alpha value is -1.70. The summed E-state index contributed by atoms with van der Waals surface area (Å²) < 4.78 is 0. The molecule has 0 spiro atoms. The fraction of sp³-hybridized carbons (Fsp3) is 0.647. The molecule has 4 rings (SSSR count). The number of nitrogens with two attached hydrogens (primary N) is 2. The van der Waals surface area contributed by atoms with Crippen LogP contribution in [0.25, 0.3) is 0 Å². The Bertz CT molecular complexity index is 638. The third kappa shape index (κ3) is 3.11. The van der Waals surface area contributed by atoms with E-state index in [1.165, 1.54) is 43.4 Å². The van der Waals surface area contributed by atoms with Crippen molar-refractivity contribution in [1.29, 1.82) is 0 Å². The number of nitrogens with zero attached hydrogens (tertiary/aromatic N) is 2. The molecule has 2 aliphatic carbocycles. The smallest absolute Gasteiger partial charge is 0.210 e. The van der Waals surface area contributed by atoms with Crippen LogP contribution in [0.5, 0.6) is 0 Å². The van der Waals surface area contributed by atoms with Crippen LogP contribution in [0.3, 0.4) is 0 Å². The van der Waals surface area contributed by atoms with Crippen LogP contribution < -0.4 is 27.6 Å². The molecule has 130 valence electrons. The van der Waals surface area contributed by atoms with Crippen molar-refractivity contribution in [2.45, 2.75) is 69.2 Å². The Labute approximate surface area is 142 Å². The third-order valence-corrected chi connectivity index (χ3v) is 5.45. The summed E-state index contributed by atoms with van der Waals surface area (Å²) in [5.74, 6) is -0.734. The molecule has 0 bridgehead atoms. The van der Waals surface area contributed by atoms with Crippen molar-refractivity contribution in [1.82, 2.24) is 21.2 Å². The minimum atomic E-state index is -1.03. The normalized spacial score (nSPS) is 30.5. The zero-order valence-electron chi connectivity index (χ0n) is 14.0. The average Bonchev–Trinajstić information content (AvgIpc) is 2.95. The van der Waals surface area contributed by atoms with E-state index < -0.39 is 5.79 Å². The predicted molar refractivity (Wildman–Crippen MR) is 93.8 cm³/mol. The molecular weight excluding hydrogens is 302 g/mol. The van der Waals surface area contributed by atoms with Gasteiger partial charge in [0.1, 0.15) is 0 Å². The molecule has 0 saturated heterocycles. The Morgan fingerprint density at radius 3 is 2.75 bits per heavy atom. The molecule has 7 nitrogen and oxygen atoms in total. The van der Waals surface area contributed by atoms with Gasteiger partial charge in [-0.1, -0.05) is 19.3 Å². The number of hydrazine groups is 1. The third-order valence-electron chi connectivity index (χ3n) is 5.45. The molecule has 2 unspecified atom stereocenters. The number of nitrogens with one attached hydrogen (secondary N) is 3. The highest BCUT2D eigenvalue weighted by molar-refractivity contribution is 5.79. The van der Waals surface area contributed by atoms with Crippen molar-refractivity contribution in [3.63, 3.8) is 0 Å². The molecule has 1 aromatic heterocycles. The Kier molecular flexibility index (Phi) is 4.15. The number of aromatic nitrogens is 1. The topological polar surface area (TPSA) is 113 Å². The van der Waals surface area contributed by atoms with Crippen LogP contribution in [0.1, 0.15) is 55.3 Å². The van der Waals surface area contributed by atoms with E-state index in [2.05, 4.69) is 32.2 Å². The summed E-state index contributed by atoms with van der Waals surface area (Å²) in [4.78, 5) is 8.88. The molecule has 0 radical (unpaired) electrons. The summed E-state index contributed by atoms with van der Waals surface area (Å²) in [6.45, 7) is 0. The number of hydrogen-bond donors (Lipinski definition) is 5. The minimum Gasteiger partial charge on any atom is -0.369 e. The van der Waals surface area contributed by atoms with E-state index in [4.69, 9.17) is 11.5 Å². The first-order chi connectivity index (χ1) is 11.6. The van der Waals surface area contributed by atoms with E-state index in [1.54, 1.807) is 0 Å². The molecule has 1 aromatic rings. The lowest BCUT2D eigenvalue weighted by Crippen LogP contribution is -2.50. The highest BCUT2D eigenvalue weighted by atomic mass is 15.6. The summed E-state index contributed by atoms with van der Waals surface area (Å²) in [5.41, 5.74) is 21.0. The largest absolute Gasteiger partial charge is 0.369 e. The molecule has 1 fully saturated rings. The van der Waals surface area contributed by atoms with Crippen molar-refractivity contribution in [3.05, 3.63) is 29.1 Å². The lowest BCUT2D eigenvalue weighted by Gasteiger charge is -2.32. The zero-order chi connectivity index (χ0) is 16.6. The van der Waals surface area contributed by atoms with E-state index in [0.717, 1.165) is 24.8 Å². The van der Waals surface area contributed by atoms with Gasteiger partial charge >= 0.3 is 0 Å². The van der Waals surface area contributed by atoms with E-state index >= 15 is 0 Å². The molecule has 7 N–H and O–H groups in total. The van der Waals surface area contributed by atoms with Gasteiger partial charge in [0.05, 0.1) is 0 Å². The van der Waals surface area contributed by atoms with Gasteiger partial charge in [-0.25, -0.2) is 4.99 Å². The number of guanidine groups is 1. The predicted octanol–water partition coefficient (Wildman–Crippen LogP) is 0.353. The van der Waals surface area contributed by atoms with Gasteiger partial charge in [0, 0.05) is 29.5 Å². The quantitative estimate of drug-likeness (QED) is 0.547. The maximum absolute atomic E-state index is 6.29. The number of aliphatic imine (C=N–C) groups is 1. The fourth-order valence-electron chi connectivity index (χ4n) is 4.11. The summed E-state index contributed by atoms with van der Waals surface area (Å²) in [6.07, 6.45) is 11.8. The van der Waals surface area contributed by atoms with Gasteiger partial charge < -0.3 is 11.1 Å². The second-order valence-electron chi connectivity index (χ2n) is 7.28. The van der Waals surface area contributed by atoms with Crippen LogP contribution in [0.2, 0.25) is 0 Å². The molecule has 2 heterocycles. The molecule has 1 aliphatic heterocycles. The van der Waals surface area contributed by atoms with E-state index in [0.29, 0.717) is 18.0 Å². The molecule has 0 amide bonds. The number of fused-ring (bicyclic) bond motifs is 1. The maximum Gasteiger partial charge on any atom is 0.210 e. The number of aryl methyl sites for hydroxylation is 1. The molecule has 24 heavy (non-hydrogen) atoms. The van der Waals surface area contributed by atoms with Gasteiger partial charge in [-0.15, -0.1) is 0 Å². The molecule has 2 atom stereocenters. The van der Waals surface area contributed by atoms with Crippen molar-refractivity contribution >= 4 is 5.96 Å². The SMILES string of the molecule is NC1=NC(N)(c2cnc3c(c2)CC(NC2CCCCC2)CC3)NN1. The highest BCUT2D eigenvalue weighted by Gasteiger charge is 2.33. The maximum atomic E-state index is 6.29. The standard InChI is InChI=1S/C17H27N7/c18-16-22-17(19,24-23-16)12-8-11-9-14(6-7-15(11)20-10-12)21-13-4-2-1-3-5-13/h8,10,13-14,21,24H,1-7,9,19H2,(H3,18,22,23). The molecular formula is C17H27N7. The molecule has 3 aliphatic rings. The number of rotatable bonds is 3. The van der Waals surface area contributed by atoms with Crippen molar-refractivity contribution in [3.8, 4) is 0 Å². The van der Waals surface area contributed by atoms with Gasteiger partial charge in [0.15, 0.2) is 0 Å². The monoisotopic (exact) mass is 329 g/mol. The minimum absolute atomic E-state index is 0.298. The first kappa shape index (κ1) is 15.8. The summed E-state index contributed by atoms with van der Waals surface area (Å²) in [7, 11) is 0.